The van der Waals surface area contributed by atoms with Gasteiger partial charge < -0.3 is 20.1 Å². The summed E-state index contributed by atoms with van der Waals surface area (Å²) in [5, 5.41) is 5.20. The number of hydrogen-bond donors (Lipinski definition) is 2. The van der Waals surface area contributed by atoms with Crippen LogP contribution in [0.2, 0.25) is 0 Å². The van der Waals surface area contributed by atoms with Gasteiger partial charge in [-0.05, 0) is 67.6 Å². The lowest BCUT2D eigenvalue weighted by molar-refractivity contribution is -0.120. The maximum atomic E-state index is 13.1. The van der Waals surface area contributed by atoms with E-state index in [1.54, 1.807) is 43.3 Å². The molecular weight excluding hydrogens is 526 g/mol. The molecule has 1 aliphatic rings. The number of nitrogens with one attached hydrogen (secondary N) is 2. The standard InChI is InChI=1S/C28H22ClN3O7/c1-3-39-28(37)16-10-12-21(13-11-16)32-25(34)22(29)23(26(32)35)30-19-8-4-6-17(14-19)24(33)31-20-9-5-7-18(15-20)27(36)38-2/h4-15,30H,3H2,1-2H3,(H,31,33). The van der Waals surface area contributed by atoms with Gasteiger partial charge in [0.15, 0.2) is 0 Å². The molecule has 4 rings (SSSR count). The van der Waals surface area contributed by atoms with Gasteiger partial charge in [0.05, 0.1) is 30.5 Å². The number of halogens is 1. The number of ether oxygens (including phenoxy) is 2. The minimum atomic E-state index is -0.743. The Morgan fingerprint density at radius 2 is 1.46 bits per heavy atom. The summed E-state index contributed by atoms with van der Waals surface area (Å²) < 4.78 is 9.64. The molecule has 0 radical (unpaired) electrons. The molecule has 3 amide bonds. The lowest BCUT2D eigenvalue weighted by Gasteiger charge is -2.15. The Morgan fingerprint density at radius 3 is 2.13 bits per heavy atom. The van der Waals surface area contributed by atoms with E-state index in [1.807, 2.05) is 0 Å². The fourth-order valence-corrected chi connectivity index (χ4v) is 3.95. The summed E-state index contributed by atoms with van der Waals surface area (Å²) in [6.45, 7) is 1.90. The predicted molar refractivity (Wildman–Crippen MR) is 144 cm³/mol. The van der Waals surface area contributed by atoms with E-state index < -0.39 is 29.7 Å². The molecule has 2 N–H and O–H groups in total. The molecule has 39 heavy (non-hydrogen) atoms. The molecule has 0 saturated carbocycles. The average Bonchev–Trinajstić information content (AvgIpc) is 3.15. The molecule has 3 aromatic rings. The topological polar surface area (TPSA) is 131 Å². The van der Waals surface area contributed by atoms with Gasteiger partial charge in [0.1, 0.15) is 10.7 Å². The Bertz CT molecular complexity index is 1520. The van der Waals surface area contributed by atoms with E-state index >= 15 is 0 Å². The minimum Gasteiger partial charge on any atom is -0.465 e. The molecule has 0 saturated heterocycles. The highest BCUT2D eigenvalue weighted by atomic mass is 35.5. The Balaban J connectivity index is 1.49. The van der Waals surface area contributed by atoms with Crippen LogP contribution in [-0.4, -0.2) is 43.4 Å². The molecule has 0 atom stereocenters. The SMILES string of the molecule is CCOC(=O)c1ccc(N2C(=O)C(Cl)=C(Nc3cccc(C(=O)Nc4cccc(C(=O)OC)c4)c3)C2=O)cc1. The third-order valence-electron chi connectivity index (χ3n) is 5.60. The normalized spacial score (nSPS) is 12.8. The zero-order chi connectivity index (χ0) is 28.1. The molecule has 0 spiro atoms. The van der Waals surface area contributed by atoms with Gasteiger partial charge in [-0.2, -0.15) is 0 Å². The number of benzene rings is 3. The summed E-state index contributed by atoms with van der Waals surface area (Å²) in [6.07, 6.45) is 0. The van der Waals surface area contributed by atoms with Crippen LogP contribution in [0.15, 0.2) is 83.5 Å². The number of methoxy groups -OCH3 is 1. The molecule has 1 heterocycles. The van der Waals surface area contributed by atoms with Gasteiger partial charge in [-0.15, -0.1) is 0 Å². The van der Waals surface area contributed by atoms with Crippen molar-refractivity contribution >= 4 is 58.3 Å². The fraction of sp³-hybridized carbons (Fsp3) is 0.107. The van der Waals surface area contributed by atoms with Crippen LogP contribution in [0, 0.1) is 0 Å². The molecule has 0 bridgehead atoms. The van der Waals surface area contributed by atoms with Crippen LogP contribution < -0.4 is 15.5 Å². The number of anilines is 3. The second-order valence-electron chi connectivity index (χ2n) is 8.13. The summed E-state index contributed by atoms with van der Waals surface area (Å²) in [5.74, 6) is -2.99. The Labute approximate surface area is 228 Å². The molecule has 10 nitrogen and oxygen atoms in total. The summed E-state index contributed by atoms with van der Waals surface area (Å²) in [4.78, 5) is 63.3. The summed E-state index contributed by atoms with van der Waals surface area (Å²) in [5.41, 5.74) is 1.55. The van der Waals surface area contributed by atoms with Gasteiger partial charge in [-0.1, -0.05) is 23.7 Å². The quantitative estimate of drug-likeness (QED) is 0.314. The number of amides is 3. The number of hydrogen-bond acceptors (Lipinski definition) is 8. The van der Waals surface area contributed by atoms with Crippen LogP contribution in [0.5, 0.6) is 0 Å². The summed E-state index contributed by atoms with van der Waals surface area (Å²) in [7, 11) is 1.26. The first-order valence-electron chi connectivity index (χ1n) is 11.7. The van der Waals surface area contributed by atoms with E-state index in [-0.39, 0.29) is 39.7 Å². The maximum absolute atomic E-state index is 13.1. The van der Waals surface area contributed by atoms with Crippen molar-refractivity contribution in [3.63, 3.8) is 0 Å². The van der Waals surface area contributed by atoms with Crippen molar-refractivity contribution in [3.8, 4) is 0 Å². The molecule has 198 valence electrons. The highest BCUT2D eigenvalue weighted by Gasteiger charge is 2.39. The zero-order valence-corrected chi connectivity index (χ0v) is 21.6. The van der Waals surface area contributed by atoms with Crippen LogP contribution in [0.1, 0.15) is 38.0 Å². The highest BCUT2D eigenvalue weighted by molar-refractivity contribution is 6.53. The maximum Gasteiger partial charge on any atom is 0.338 e. The monoisotopic (exact) mass is 547 g/mol. The Kier molecular flexibility index (Phi) is 8.07. The van der Waals surface area contributed by atoms with Crippen molar-refractivity contribution < 1.29 is 33.4 Å². The second kappa shape index (κ2) is 11.6. The van der Waals surface area contributed by atoms with Crippen LogP contribution in [0.25, 0.3) is 0 Å². The molecule has 0 aliphatic carbocycles. The number of carbonyl (C=O) groups excluding carboxylic acids is 5. The van der Waals surface area contributed by atoms with Gasteiger partial charge in [0.2, 0.25) is 0 Å². The van der Waals surface area contributed by atoms with Gasteiger partial charge >= 0.3 is 11.9 Å². The van der Waals surface area contributed by atoms with E-state index in [4.69, 9.17) is 21.1 Å². The lowest BCUT2D eigenvalue weighted by atomic mass is 10.1. The number of carbonyl (C=O) groups is 5. The van der Waals surface area contributed by atoms with Crippen molar-refractivity contribution in [1.29, 1.82) is 0 Å². The Hall–Kier alpha value is -4.96. The first-order chi connectivity index (χ1) is 18.7. The van der Waals surface area contributed by atoms with E-state index in [0.29, 0.717) is 11.4 Å². The van der Waals surface area contributed by atoms with Crippen molar-refractivity contribution in [3.05, 3.63) is 100 Å². The van der Waals surface area contributed by atoms with Crippen LogP contribution in [0.4, 0.5) is 17.1 Å². The first-order valence-corrected chi connectivity index (χ1v) is 12.0. The molecule has 0 unspecified atom stereocenters. The minimum absolute atomic E-state index is 0.167. The van der Waals surface area contributed by atoms with Gasteiger partial charge in [0.25, 0.3) is 17.7 Å². The predicted octanol–water partition coefficient (Wildman–Crippen LogP) is 4.34. The molecule has 0 aromatic heterocycles. The molecule has 11 heteroatoms. The van der Waals surface area contributed by atoms with Gasteiger partial charge in [-0.3, -0.25) is 14.4 Å². The first kappa shape index (κ1) is 27.1. The van der Waals surface area contributed by atoms with E-state index in [2.05, 4.69) is 10.6 Å². The van der Waals surface area contributed by atoms with Crippen molar-refractivity contribution in [1.82, 2.24) is 0 Å². The average molecular weight is 548 g/mol. The third-order valence-corrected chi connectivity index (χ3v) is 5.95. The third kappa shape index (κ3) is 5.81. The number of imide groups is 1. The molecule has 0 fully saturated rings. The second-order valence-corrected chi connectivity index (χ2v) is 8.51. The van der Waals surface area contributed by atoms with Crippen LogP contribution in [-0.2, 0) is 19.1 Å². The number of esters is 2. The smallest absolute Gasteiger partial charge is 0.338 e. The largest absolute Gasteiger partial charge is 0.465 e. The number of rotatable bonds is 8. The van der Waals surface area contributed by atoms with Crippen molar-refractivity contribution in [2.45, 2.75) is 6.92 Å². The lowest BCUT2D eigenvalue weighted by Crippen LogP contribution is -2.32. The Morgan fingerprint density at radius 1 is 0.821 bits per heavy atom. The van der Waals surface area contributed by atoms with Gasteiger partial charge in [-0.25, -0.2) is 14.5 Å². The van der Waals surface area contributed by atoms with Crippen molar-refractivity contribution in [2.75, 3.05) is 29.3 Å². The summed E-state index contributed by atoms with van der Waals surface area (Å²) >= 11 is 6.22. The molecule has 3 aromatic carbocycles. The number of nitrogens with zero attached hydrogens (tertiary/aromatic N) is 1. The zero-order valence-electron chi connectivity index (χ0n) is 20.8. The summed E-state index contributed by atoms with van der Waals surface area (Å²) in [6, 6.07) is 18.2. The van der Waals surface area contributed by atoms with E-state index in [1.165, 1.54) is 43.5 Å². The van der Waals surface area contributed by atoms with E-state index in [9.17, 15) is 24.0 Å². The van der Waals surface area contributed by atoms with E-state index in [0.717, 1.165) is 4.90 Å². The fourth-order valence-electron chi connectivity index (χ4n) is 3.73. The van der Waals surface area contributed by atoms with Crippen LogP contribution in [0.3, 0.4) is 0 Å². The van der Waals surface area contributed by atoms with Crippen molar-refractivity contribution in [2.24, 2.45) is 0 Å². The molecule has 1 aliphatic heterocycles. The van der Waals surface area contributed by atoms with Crippen LogP contribution >= 0.6 is 11.6 Å². The van der Waals surface area contributed by atoms with Gasteiger partial charge in [0, 0.05) is 16.9 Å². The highest BCUT2D eigenvalue weighted by Crippen LogP contribution is 2.30. The molecular formula is C28H22ClN3O7.